The van der Waals surface area contributed by atoms with E-state index in [-0.39, 0.29) is 0 Å². The van der Waals surface area contributed by atoms with E-state index in [1.54, 1.807) is 0 Å². The van der Waals surface area contributed by atoms with E-state index in [0.717, 1.165) is 12.8 Å². The van der Waals surface area contributed by atoms with Gasteiger partial charge in [0.15, 0.2) is 0 Å². The molecule has 0 aromatic carbocycles. The van der Waals surface area contributed by atoms with Gasteiger partial charge in [0.2, 0.25) is 0 Å². The summed E-state index contributed by atoms with van der Waals surface area (Å²) in [5, 5.41) is 1.11. The molecule has 0 spiro atoms. The molecule has 0 aliphatic carbocycles. The summed E-state index contributed by atoms with van der Waals surface area (Å²) in [6, 6.07) is 0. The summed E-state index contributed by atoms with van der Waals surface area (Å²) in [7, 11) is 0. The summed E-state index contributed by atoms with van der Waals surface area (Å²) in [5.41, 5.74) is 0. The van der Waals surface area contributed by atoms with Gasteiger partial charge in [0.1, 0.15) is 5.78 Å². The number of ketones is 1. The van der Waals surface area contributed by atoms with E-state index in [4.69, 9.17) is 0 Å². The second kappa shape index (κ2) is 2.74. The molecule has 0 radical (unpaired) electrons. The highest BCUT2D eigenvalue weighted by molar-refractivity contribution is 8.00. The Morgan fingerprint density at radius 1 is 1.33 bits per heavy atom. The smallest absolute Gasteiger partial charge is 0.135 e. The summed E-state index contributed by atoms with van der Waals surface area (Å²) in [6.45, 7) is 4.25. The molecular formula is C7H12OS. The molecule has 0 bridgehead atoms. The minimum Gasteiger partial charge on any atom is -0.300 e. The van der Waals surface area contributed by atoms with E-state index in [1.165, 1.54) is 0 Å². The lowest BCUT2D eigenvalue weighted by Gasteiger charge is -2.21. The fourth-order valence-electron chi connectivity index (χ4n) is 1.22. The van der Waals surface area contributed by atoms with Crippen molar-refractivity contribution in [3.8, 4) is 0 Å². The molecule has 0 saturated carbocycles. The Labute approximate surface area is 60.2 Å². The summed E-state index contributed by atoms with van der Waals surface area (Å²) >= 11 is 1.92. The first-order valence-electron chi connectivity index (χ1n) is 3.35. The molecule has 2 heteroatoms. The van der Waals surface area contributed by atoms with E-state index >= 15 is 0 Å². The van der Waals surface area contributed by atoms with Crippen molar-refractivity contribution in [3.63, 3.8) is 0 Å². The zero-order valence-electron chi connectivity index (χ0n) is 5.89. The van der Waals surface area contributed by atoms with Crippen LogP contribution in [0.4, 0.5) is 0 Å². The molecule has 52 valence electrons. The molecule has 2 unspecified atom stereocenters. The van der Waals surface area contributed by atoms with E-state index in [0.29, 0.717) is 16.3 Å². The van der Waals surface area contributed by atoms with Crippen molar-refractivity contribution in [1.29, 1.82) is 0 Å². The van der Waals surface area contributed by atoms with Crippen LogP contribution in [-0.2, 0) is 4.79 Å². The highest BCUT2D eigenvalue weighted by Crippen LogP contribution is 2.28. The standard InChI is InChI=1S/C7H12OS/c1-5-3-7(8)4-6(2)9-5/h5-6H,3-4H2,1-2H3. The van der Waals surface area contributed by atoms with Gasteiger partial charge in [-0.1, -0.05) is 13.8 Å². The van der Waals surface area contributed by atoms with Crippen LogP contribution in [-0.4, -0.2) is 16.3 Å². The Bertz CT molecular complexity index is 110. The van der Waals surface area contributed by atoms with Crippen LogP contribution in [0, 0.1) is 0 Å². The minimum atomic E-state index is 0.439. The molecule has 0 aromatic heterocycles. The summed E-state index contributed by atoms with van der Waals surface area (Å²) in [6.07, 6.45) is 1.57. The van der Waals surface area contributed by atoms with Gasteiger partial charge in [-0.25, -0.2) is 0 Å². The Balaban J connectivity index is 2.43. The first-order chi connectivity index (χ1) is 4.18. The van der Waals surface area contributed by atoms with Gasteiger partial charge < -0.3 is 0 Å². The molecule has 1 fully saturated rings. The SMILES string of the molecule is CC1CC(=O)CC(C)S1. The highest BCUT2D eigenvalue weighted by Gasteiger charge is 2.21. The van der Waals surface area contributed by atoms with Gasteiger partial charge in [-0.05, 0) is 0 Å². The third kappa shape index (κ3) is 2.01. The normalized spacial score (nSPS) is 36.9. The van der Waals surface area contributed by atoms with Crippen LogP contribution < -0.4 is 0 Å². The summed E-state index contributed by atoms with van der Waals surface area (Å²) in [4.78, 5) is 10.9. The summed E-state index contributed by atoms with van der Waals surface area (Å²) in [5.74, 6) is 0.439. The van der Waals surface area contributed by atoms with Gasteiger partial charge in [-0.3, -0.25) is 4.79 Å². The molecule has 1 saturated heterocycles. The molecule has 0 amide bonds. The van der Waals surface area contributed by atoms with Crippen LogP contribution in [0.2, 0.25) is 0 Å². The van der Waals surface area contributed by atoms with Crippen molar-refractivity contribution in [2.45, 2.75) is 37.2 Å². The molecule has 9 heavy (non-hydrogen) atoms. The van der Waals surface area contributed by atoms with Crippen molar-refractivity contribution >= 4 is 17.5 Å². The topological polar surface area (TPSA) is 17.1 Å². The second-order valence-corrected chi connectivity index (χ2v) is 4.59. The van der Waals surface area contributed by atoms with Gasteiger partial charge in [-0.2, -0.15) is 11.8 Å². The van der Waals surface area contributed by atoms with E-state index in [2.05, 4.69) is 13.8 Å². The van der Waals surface area contributed by atoms with Crippen molar-refractivity contribution < 1.29 is 4.79 Å². The Morgan fingerprint density at radius 3 is 2.11 bits per heavy atom. The van der Waals surface area contributed by atoms with E-state index in [1.807, 2.05) is 11.8 Å². The monoisotopic (exact) mass is 144 g/mol. The highest BCUT2D eigenvalue weighted by atomic mass is 32.2. The van der Waals surface area contributed by atoms with Crippen LogP contribution >= 0.6 is 11.8 Å². The van der Waals surface area contributed by atoms with Crippen LogP contribution in [0.25, 0.3) is 0 Å². The Kier molecular flexibility index (Phi) is 2.17. The first kappa shape index (κ1) is 7.13. The number of Topliss-reactive ketones (excluding diaryl/α,β-unsaturated/α-hetero) is 1. The average molecular weight is 144 g/mol. The third-order valence-corrected chi connectivity index (χ3v) is 2.76. The lowest BCUT2D eigenvalue weighted by molar-refractivity contribution is -0.119. The molecule has 0 N–H and O–H groups in total. The maximum absolute atomic E-state index is 10.9. The number of rotatable bonds is 0. The number of carbonyl (C=O) groups excluding carboxylic acids is 1. The van der Waals surface area contributed by atoms with E-state index < -0.39 is 0 Å². The quantitative estimate of drug-likeness (QED) is 0.516. The van der Waals surface area contributed by atoms with Crippen LogP contribution in [0.3, 0.4) is 0 Å². The molecule has 1 aliphatic rings. The number of thioether (sulfide) groups is 1. The molecule has 1 nitrogen and oxygen atoms in total. The molecule has 1 heterocycles. The lowest BCUT2D eigenvalue weighted by Crippen LogP contribution is -2.20. The van der Waals surface area contributed by atoms with Crippen molar-refractivity contribution in [1.82, 2.24) is 0 Å². The van der Waals surface area contributed by atoms with Crippen molar-refractivity contribution in [2.24, 2.45) is 0 Å². The number of hydrogen-bond donors (Lipinski definition) is 0. The van der Waals surface area contributed by atoms with Crippen molar-refractivity contribution in [2.75, 3.05) is 0 Å². The predicted octanol–water partition coefficient (Wildman–Crippen LogP) is 1.86. The number of carbonyl (C=O) groups is 1. The maximum atomic E-state index is 10.9. The maximum Gasteiger partial charge on any atom is 0.135 e. The van der Waals surface area contributed by atoms with Gasteiger partial charge >= 0.3 is 0 Å². The van der Waals surface area contributed by atoms with Crippen LogP contribution in [0.5, 0.6) is 0 Å². The molecule has 1 aliphatic heterocycles. The third-order valence-electron chi connectivity index (χ3n) is 1.49. The van der Waals surface area contributed by atoms with Crippen molar-refractivity contribution in [3.05, 3.63) is 0 Å². The Morgan fingerprint density at radius 2 is 1.78 bits per heavy atom. The molecule has 0 aromatic rings. The first-order valence-corrected chi connectivity index (χ1v) is 4.30. The average Bonchev–Trinajstić information content (AvgIpc) is 1.59. The fourth-order valence-corrected chi connectivity index (χ4v) is 2.57. The second-order valence-electron chi connectivity index (χ2n) is 2.70. The van der Waals surface area contributed by atoms with Gasteiger partial charge in [0.25, 0.3) is 0 Å². The summed E-state index contributed by atoms with van der Waals surface area (Å²) < 4.78 is 0. The number of hydrogen-bond acceptors (Lipinski definition) is 2. The van der Waals surface area contributed by atoms with Crippen LogP contribution in [0.1, 0.15) is 26.7 Å². The molecule has 2 atom stereocenters. The Hall–Kier alpha value is 0.0200. The van der Waals surface area contributed by atoms with Gasteiger partial charge in [0, 0.05) is 23.3 Å². The zero-order chi connectivity index (χ0) is 6.85. The van der Waals surface area contributed by atoms with Gasteiger partial charge in [-0.15, -0.1) is 0 Å². The van der Waals surface area contributed by atoms with E-state index in [9.17, 15) is 4.79 Å². The predicted molar refractivity (Wildman–Crippen MR) is 40.8 cm³/mol. The molecule has 1 rings (SSSR count). The van der Waals surface area contributed by atoms with Crippen LogP contribution in [0.15, 0.2) is 0 Å². The lowest BCUT2D eigenvalue weighted by atomic mass is 10.1. The minimum absolute atomic E-state index is 0.439. The fraction of sp³-hybridized carbons (Fsp3) is 0.857. The largest absolute Gasteiger partial charge is 0.300 e. The molecular weight excluding hydrogens is 132 g/mol. The zero-order valence-corrected chi connectivity index (χ0v) is 6.70. The van der Waals surface area contributed by atoms with Gasteiger partial charge in [0.05, 0.1) is 0 Å².